The van der Waals surface area contributed by atoms with Crippen molar-refractivity contribution < 1.29 is 19.1 Å². The minimum atomic E-state index is -0.833. The third-order valence-corrected chi connectivity index (χ3v) is 6.12. The number of rotatable bonds is 4. The molecule has 36 heavy (non-hydrogen) atoms. The van der Waals surface area contributed by atoms with Crippen LogP contribution < -0.4 is 11.5 Å². The predicted molar refractivity (Wildman–Crippen MR) is 144 cm³/mol. The zero-order valence-corrected chi connectivity index (χ0v) is 22.1. The maximum atomic E-state index is 12.9. The molecule has 0 saturated carbocycles. The molecule has 3 atom stereocenters. The maximum absolute atomic E-state index is 12.9. The van der Waals surface area contributed by atoms with Crippen LogP contribution in [0.4, 0.5) is 4.79 Å². The smallest absolute Gasteiger partial charge is 0.416 e. The molecular formula is C28H38ClN3O4. The van der Waals surface area contributed by atoms with Gasteiger partial charge in [-0.25, -0.2) is 9.69 Å². The Morgan fingerprint density at radius 3 is 2.03 bits per heavy atom. The number of cyclic esters (lactones) is 1. The Balaban J connectivity index is 0.000000551. The van der Waals surface area contributed by atoms with E-state index in [0.717, 1.165) is 23.3 Å². The standard InChI is InChI=1S/C19H25ClN2O4.C6H6.C2H2.CH5N/c1-19(2)11-13(7-9-26-19)15(12-3-5-14(20)6-4-12)16(21)17(23)22-8-10-25-18(22)24;1-2-4-6-5-3-1;2*1-2/h3-6,13,15-16H,7-11,21H2,1-2H3;1-6H;1-2H;2H2,1H3/t13?,15?,16-;;;/m0.../s1. The fourth-order valence-corrected chi connectivity index (χ4v) is 4.48. The molecule has 2 fully saturated rings. The number of ether oxygens (including phenoxy) is 2. The molecule has 8 heteroatoms. The number of benzene rings is 2. The van der Waals surface area contributed by atoms with Gasteiger partial charge in [-0.3, -0.25) is 4.79 Å². The molecule has 2 aliphatic rings. The van der Waals surface area contributed by atoms with Crippen LogP contribution in [-0.4, -0.2) is 55.3 Å². The van der Waals surface area contributed by atoms with E-state index in [-0.39, 0.29) is 30.6 Å². The lowest BCUT2D eigenvalue weighted by molar-refractivity contribution is -0.131. The summed E-state index contributed by atoms with van der Waals surface area (Å²) in [6, 6.07) is 18.6. The normalized spacial score (nSPS) is 19.5. The number of carbonyl (C=O) groups excluding carboxylic acids is 2. The van der Waals surface area contributed by atoms with E-state index >= 15 is 0 Å². The minimum Gasteiger partial charge on any atom is -0.447 e. The molecule has 4 rings (SSSR count). The highest BCUT2D eigenvalue weighted by atomic mass is 35.5. The van der Waals surface area contributed by atoms with Crippen molar-refractivity contribution in [3.63, 3.8) is 0 Å². The highest BCUT2D eigenvalue weighted by Crippen LogP contribution is 2.40. The summed E-state index contributed by atoms with van der Waals surface area (Å²) >= 11 is 6.02. The van der Waals surface area contributed by atoms with Gasteiger partial charge >= 0.3 is 6.09 Å². The summed E-state index contributed by atoms with van der Waals surface area (Å²) < 4.78 is 10.7. The first-order valence-electron chi connectivity index (χ1n) is 11.8. The van der Waals surface area contributed by atoms with Crippen LogP contribution in [0.2, 0.25) is 5.02 Å². The van der Waals surface area contributed by atoms with E-state index < -0.39 is 18.0 Å². The second-order valence-electron chi connectivity index (χ2n) is 8.72. The van der Waals surface area contributed by atoms with Gasteiger partial charge < -0.3 is 20.9 Å². The molecule has 0 spiro atoms. The first kappa shape index (κ1) is 31.1. The Kier molecular flexibility index (Phi) is 13.8. The van der Waals surface area contributed by atoms with E-state index in [4.69, 9.17) is 26.8 Å². The monoisotopic (exact) mass is 515 g/mol. The van der Waals surface area contributed by atoms with Gasteiger partial charge in [0.2, 0.25) is 5.91 Å². The summed E-state index contributed by atoms with van der Waals surface area (Å²) in [5, 5.41) is 0.628. The van der Waals surface area contributed by atoms with Gasteiger partial charge in [-0.05, 0) is 57.4 Å². The van der Waals surface area contributed by atoms with Crippen LogP contribution in [0.1, 0.15) is 38.2 Å². The lowest BCUT2D eigenvalue weighted by Crippen LogP contribution is -2.50. The molecule has 4 N–H and O–H groups in total. The van der Waals surface area contributed by atoms with Crippen molar-refractivity contribution in [2.24, 2.45) is 17.4 Å². The molecule has 2 aliphatic heterocycles. The van der Waals surface area contributed by atoms with Gasteiger partial charge in [-0.1, -0.05) is 60.1 Å². The van der Waals surface area contributed by atoms with Gasteiger partial charge in [-0.2, -0.15) is 0 Å². The van der Waals surface area contributed by atoms with Crippen molar-refractivity contribution in [3.05, 3.63) is 71.2 Å². The molecule has 7 nitrogen and oxygen atoms in total. The zero-order chi connectivity index (χ0) is 27.1. The number of hydrogen-bond acceptors (Lipinski definition) is 6. The molecule has 196 valence electrons. The number of nitrogens with zero attached hydrogens (tertiary/aromatic N) is 1. The van der Waals surface area contributed by atoms with Crippen LogP contribution in [-0.2, 0) is 14.3 Å². The third-order valence-electron chi connectivity index (χ3n) is 5.86. The average Bonchev–Trinajstić information content (AvgIpc) is 3.34. The molecule has 0 radical (unpaired) electrons. The lowest BCUT2D eigenvalue weighted by atomic mass is 9.73. The largest absolute Gasteiger partial charge is 0.447 e. The van der Waals surface area contributed by atoms with Crippen molar-refractivity contribution in [3.8, 4) is 12.8 Å². The van der Waals surface area contributed by atoms with Crippen molar-refractivity contribution in [2.75, 3.05) is 26.8 Å². The number of nitrogens with two attached hydrogens (primary N) is 2. The van der Waals surface area contributed by atoms with Crippen molar-refractivity contribution in [2.45, 2.75) is 44.2 Å². The van der Waals surface area contributed by atoms with Gasteiger partial charge in [0.15, 0.2) is 0 Å². The molecule has 2 heterocycles. The quantitative estimate of drug-likeness (QED) is 0.582. The molecule has 0 aliphatic carbocycles. The number of terminal acetylenes is 1. The molecule has 0 bridgehead atoms. The molecule has 2 aromatic rings. The summed E-state index contributed by atoms with van der Waals surface area (Å²) in [6.45, 7) is 5.17. The van der Waals surface area contributed by atoms with E-state index in [0.29, 0.717) is 11.6 Å². The minimum absolute atomic E-state index is 0.164. The van der Waals surface area contributed by atoms with Crippen LogP contribution in [0.5, 0.6) is 0 Å². The van der Waals surface area contributed by atoms with Crippen LogP contribution in [0.15, 0.2) is 60.7 Å². The van der Waals surface area contributed by atoms with Gasteiger partial charge in [0.05, 0.1) is 18.2 Å². The molecule has 2 saturated heterocycles. The van der Waals surface area contributed by atoms with E-state index in [9.17, 15) is 9.59 Å². The van der Waals surface area contributed by atoms with Gasteiger partial charge in [0.1, 0.15) is 6.61 Å². The van der Waals surface area contributed by atoms with Gasteiger partial charge in [0, 0.05) is 17.5 Å². The lowest BCUT2D eigenvalue weighted by Gasteiger charge is -2.41. The van der Waals surface area contributed by atoms with E-state index in [1.165, 1.54) is 7.05 Å². The van der Waals surface area contributed by atoms with E-state index in [1.54, 1.807) is 12.1 Å². The zero-order valence-electron chi connectivity index (χ0n) is 21.3. The number of amides is 2. The Bertz CT molecular complexity index is 908. The maximum Gasteiger partial charge on any atom is 0.416 e. The average molecular weight is 516 g/mol. The van der Waals surface area contributed by atoms with E-state index in [2.05, 4.69) is 18.6 Å². The van der Waals surface area contributed by atoms with Crippen LogP contribution in [0.25, 0.3) is 0 Å². The van der Waals surface area contributed by atoms with Gasteiger partial charge in [0.25, 0.3) is 0 Å². The Hall–Kier alpha value is -2.89. The Morgan fingerprint density at radius 2 is 1.58 bits per heavy atom. The molecule has 2 aromatic carbocycles. The summed E-state index contributed by atoms with van der Waals surface area (Å²) in [5.74, 6) is -0.453. The highest BCUT2D eigenvalue weighted by molar-refractivity contribution is 6.30. The summed E-state index contributed by atoms with van der Waals surface area (Å²) in [7, 11) is 1.50. The van der Waals surface area contributed by atoms with Crippen LogP contribution in [0.3, 0.4) is 0 Å². The van der Waals surface area contributed by atoms with Crippen molar-refractivity contribution >= 4 is 23.6 Å². The van der Waals surface area contributed by atoms with Gasteiger partial charge in [-0.15, -0.1) is 12.8 Å². The first-order valence-corrected chi connectivity index (χ1v) is 12.2. The fraction of sp³-hybridized carbons (Fsp3) is 0.429. The molecular weight excluding hydrogens is 478 g/mol. The van der Waals surface area contributed by atoms with Crippen molar-refractivity contribution in [1.29, 1.82) is 0 Å². The van der Waals surface area contributed by atoms with E-state index in [1.807, 2.05) is 62.4 Å². The number of hydrogen-bond donors (Lipinski definition) is 2. The van der Waals surface area contributed by atoms with Crippen LogP contribution >= 0.6 is 11.6 Å². The summed E-state index contributed by atoms with van der Waals surface area (Å²) in [6.07, 6.45) is 8.97. The third kappa shape index (κ3) is 9.29. The molecule has 2 amide bonds. The Labute approximate surface area is 220 Å². The topological polar surface area (TPSA) is 108 Å². The number of halogens is 1. The summed E-state index contributed by atoms with van der Waals surface area (Å²) in [4.78, 5) is 25.8. The molecule has 0 aromatic heterocycles. The fourth-order valence-electron chi connectivity index (χ4n) is 4.36. The highest BCUT2D eigenvalue weighted by Gasteiger charge is 2.42. The first-order chi connectivity index (χ1) is 17.3. The second-order valence-corrected chi connectivity index (χ2v) is 9.16. The summed E-state index contributed by atoms with van der Waals surface area (Å²) in [5.41, 5.74) is 11.6. The second kappa shape index (κ2) is 16.0. The van der Waals surface area contributed by atoms with Crippen LogP contribution in [0, 0.1) is 18.8 Å². The Morgan fingerprint density at radius 1 is 1.06 bits per heavy atom. The van der Waals surface area contributed by atoms with Crippen molar-refractivity contribution in [1.82, 2.24) is 4.90 Å². The SMILES string of the molecule is C#C.CC1(C)CC(C(c2ccc(Cl)cc2)[C@H](N)C(=O)N2CCOC2=O)CCO1.CN.c1ccccc1. The number of carbonyl (C=O) groups is 2. The molecule has 2 unspecified atom stereocenters. The number of imide groups is 1. The predicted octanol–water partition coefficient (Wildman–Crippen LogP) is 4.45.